The molecule has 2 nitrogen and oxygen atoms in total. The van der Waals surface area contributed by atoms with E-state index in [1.54, 1.807) is 6.92 Å². The highest BCUT2D eigenvalue weighted by Crippen LogP contribution is 2.28. The Kier molecular flexibility index (Phi) is 2.88. The summed E-state index contributed by atoms with van der Waals surface area (Å²) in [5.74, 6) is -0.186. The lowest BCUT2D eigenvalue weighted by atomic mass is 10.1. The molecule has 5 heteroatoms. The summed E-state index contributed by atoms with van der Waals surface area (Å²) >= 11 is 0. The molecular weight excluding hydrogens is 195 g/mol. The van der Waals surface area contributed by atoms with E-state index in [-0.39, 0.29) is 5.75 Å². The fourth-order valence-electron chi connectivity index (χ4n) is 1.10. The Morgan fingerprint density at radius 1 is 1.36 bits per heavy atom. The number of ether oxygens (including phenoxy) is 1. The summed E-state index contributed by atoms with van der Waals surface area (Å²) in [7, 11) is 0. The number of alkyl halides is 3. The minimum atomic E-state index is -4.65. The summed E-state index contributed by atoms with van der Waals surface area (Å²) in [6.07, 6.45) is -4.21. The third-order valence-corrected chi connectivity index (χ3v) is 1.69. The summed E-state index contributed by atoms with van der Waals surface area (Å²) in [5.41, 5.74) is 6.30. The predicted octanol–water partition coefficient (Wildman–Crippen LogP) is 2.73. The third-order valence-electron chi connectivity index (χ3n) is 1.69. The van der Waals surface area contributed by atoms with Crippen LogP contribution in [0.1, 0.15) is 12.5 Å². The average molecular weight is 205 g/mol. The molecule has 14 heavy (non-hydrogen) atoms. The molecule has 0 amide bonds. The van der Waals surface area contributed by atoms with Crippen LogP contribution in [0.25, 0.3) is 0 Å². The van der Waals surface area contributed by atoms with E-state index in [4.69, 9.17) is 5.73 Å². The molecule has 0 unspecified atom stereocenters. The van der Waals surface area contributed by atoms with Gasteiger partial charge in [-0.3, -0.25) is 0 Å². The molecule has 0 aliphatic heterocycles. The van der Waals surface area contributed by atoms with Crippen molar-refractivity contribution in [1.82, 2.24) is 0 Å². The Bertz CT molecular complexity index is 322. The lowest BCUT2D eigenvalue weighted by Gasteiger charge is -2.12. The number of hydrogen-bond donors (Lipinski definition) is 1. The molecule has 0 aromatic heterocycles. The predicted molar refractivity (Wildman–Crippen MR) is 46.9 cm³/mol. The van der Waals surface area contributed by atoms with Crippen molar-refractivity contribution in [2.75, 3.05) is 5.73 Å². The Morgan fingerprint density at radius 3 is 2.50 bits per heavy atom. The van der Waals surface area contributed by atoms with Gasteiger partial charge in [-0.2, -0.15) is 0 Å². The molecule has 0 aliphatic rings. The number of nitrogen functional groups attached to an aromatic ring is 1. The van der Waals surface area contributed by atoms with Crippen molar-refractivity contribution in [2.24, 2.45) is 0 Å². The van der Waals surface area contributed by atoms with E-state index in [0.29, 0.717) is 17.7 Å². The van der Waals surface area contributed by atoms with Crippen molar-refractivity contribution in [3.8, 4) is 5.75 Å². The summed E-state index contributed by atoms with van der Waals surface area (Å²) < 4.78 is 39.5. The summed E-state index contributed by atoms with van der Waals surface area (Å²) in [5, 5.41) is 0. The zero-order chi connectivity index (χ0) is 10.8. The van der Waals surface area contributed by atoms with Gasteiger partial charge in [0.05, 0.1) is 0 Å². The first-order chi connectivity index (χ1) is 6.42. The minimum Gasteiger partial charge on any atom is -0.406 e. The fraction of sp³-hybridized carbons (Fsp3) is 0.333. The maximum absolute atomic E-state index is 11.9. The van der Waals surface area contributed by atoms with Gasteiger partial charge in [-0.1, -0.05) is 6.92 Å². The van der Waals surface area contributed by atoms with Gasteiger partial charge in [0.2, 0.25) is 0 Å². The molecule has 0 aliphatic carbocycles. The Hall–Kier alpha value is -1.39. The maximum atomic E-state index is 11.9. The second-order valence-electron chi connectivity index (χ2n) is 2.77. The van der Waals surface area contributed by atoms with E-state index in [2.05, 4.69) is 4.74 Å². The van der Waals surface area contributed by atoms with Crippen molar-refractivity contribution in [3.05, 3.63) is 23.8 Å². The molecule has 0 heterocycles. The second kappa shape index (κ2) is 3.77. The summed E-state index contributed by atoms with van der Waals surface area (Å²) in [4.78, 5) is 0. The Balaban J connectivity index is 2.97. The van der Waals surface area contributed by atoms with E-state index >= 15 is 0 Å². The van der Waals surface area contributed by atoms with Crippen molar-refractivity contribution in [1.29, 1.82) is 0 Å². The molecule has 0 saturated heterocycles. The van der Waals surface area contributed by atoms with E-state index in [9.17, 15) is 13.2 Å². The molecule has 0 bridgehead atoms. The number of rotatable bonds is 2. The van der Waals surface area contributed by atoms with Crippen LogP contribution in [0.15, 0.2) is 18.2 Å². The van der Waals surface area contributed by atoms with Crippen LogP contribution in [0.2, 0.25) is 0 Å². The number of nitrogens with two attached hydrogens (primary N) is 1. The number of hydrogen-bond acceptors (Lipinski definition) is 2. The standard InChI is InChI=1S/C9H10F3NO/c1-2-6-5-7(13)3-4-8(6)14-9(10,11)12/h3-5H,2,13H2,1H3. The van der Waals surface area contributed by atoms with Gasteiger partial charge >= 0.3 is 6.36 Å². The first-order valence-corrected chi connectivity index (χ1v) is 4.06. The van der Waals surface area contributed by atoms with E-state index in [0.717, 1.165) is 0 Å². The number of halogens is 3. The van der Waals surface area contributed by atoms with Crippen molar-refractivity contribution in [2.45, 2.75) is 19.7 Å². The highest BCUT2D eigenvalue weighted by molar-refractivity contribution is 5.47. The van der Waals surface area contributed by atoms with Crippen LogP contribution in [0, 0.1) is 0 Å². The van der Waals surface area contributed by atoms with Crippen molar-refractivity contribution >= 4 is 5.69 Å². The van der Waals surface area contributed by atoms with E-state index < -0.39 is 6.36 Å². The lowest BCUT2D eigenvalue weighted by Crippen LogP contribution is -2.18. The molecule has 0 radical (unpaired) electrons. The molecule has 0 atom stereocenters. The van der Waals surface area contributed by atoms with Crippen LogP contribution in [-0.4, -0.2) is 6.36 Å². The van der Waals surface area contributed by atoms with Gasteiger partial charge in [0.25, 0.3) is 0 Å². The molecule has 2 N–H and O–H groups in total. The number of benzene rings is 1. The summed E-state index contributed by atoms with van der Waals surface area (Å²) in [6.45, 7) is 1.73. The SMILES string of the molecule is CCc1cc(N)ccc1OC(F)(F)F. The monoisotopic (exact) mass is 205 g/mol. The maximum Gasteiger partial charge on any atom is 0.573 e. The quantitative estimate of drug-likeness (QED) is 0.753. The Labute approximate surface area is 79.5 Å². The third kappa shape index (κ3) is 2.83. The zero-order valence-corrected chi connectivity index (χ0v) is 7.56. The first kappa shape index (κ1) is 10.7. The molecule has 0 spiro atoms. The second-order valence-corrected chi connectivity index (χ2v) is 2.77. The lowest BCUT2D eigenvalue weighted by molar-refractivity contribution is -0.274. The highest BCUT2D eigenvalue weighted by atomic mass is 19.4. The average Bonchev–Trinajstić information content (AvgIpc) is 2.06. The van der Waals surface area contributed by atoms with Crippen molar-refractivity contribution in [3.63, 3.8) is 0 Å². The van der Waals surface area contributed by atoms with Gasteiger partial charge in [0.15, 0.2) is 0 Å². The van der Waals surface area contributed by atoms with Gasteiger partial charge in [-0.25, -0.2) is 0 Å². The van der Waals surface area contributed by atoms with Crippen LogP contribution in [0.5, 0.6) is 5.75 Å². The van der Waals surface area contributed by atoms with Gasteiger partial charge in [-0.05, 0) is 30.2 Å². The largest absolute Gasteiger partial charge is 0.573 e. The number of anilines is 1. The molecule has 0 fully saturated rings. The van der Waals surface area contributed by atoms with Gasteiger partial charge in [0, 0.05) is 5.69 Å². The van der Waals surface area contributed by atoms with E-state index in [1.165, 1.54) is 18.2 Å². The van der Waals surface area contributed by atoms with Gasteiger partial charge < -0.3 is 10.5 Å². The van der Waals surface area contributed by atoms with E-state index in [1.807, 2.05) is 0 Å². The summed E-state index contributed by atoms with van der Waals surface area (Å²) in [6, 6.07) is 4.07. The zero-order valence-electron chi connectivity index (χ0n) is 7.56. The first-order valence-electron chi connectivity index (χ1n) is 4.06. The van der Waals surface area contributed by atoms with Crippen LogP contribution in [-0.2, 0) is 6.42 Å². The van der Waals surface area contributed by atoms with Gasteiger partial charge in [-0.15, -0.1) is 13.2 Å². The highest BCUT2D eigenvalue weighted by Gasteiger charge is 2.31. The molecular formula is C9H10F3NO. The molecule has 1 rings (SSSR count). The van der Waals surface area contributed by atoms with Gasteiger partial charge in [0.1, 0.15) is 5.75 Å². The van der Waals surface area contributed by atoms with Crippen LogP contribution in [0.3, 0.4) is 0 Å². The van der Waals surface area contributed by atoms with Crippen LogP contribution in [0.4, 0.5) is 18.9 Å². The normalized spacial score (nSPS) is 11.4. The number of aryl methyl sites for hydroxylation is 1. The van der Waals surface area contributed by atoms with Crippen molar-refractivity contribution < 1.29 is 17.9 Å². The Morgan fingerprint density at radius 2 is 2.00 bits per heavy atom. The van der Waals surface area contributed by atoms with Crippen LogP contribution < -0.4 is 10.5 Å². The topological polar surface area (TPSA) is 35.2 Å². The fourth-order valence-corrected chi connectivity index (χ4v) is 1.10. The smallest absolute Gasteiger partial charge is 0.406 e. The molecule has 78 valence electrons. The molecule has 1 aromatic rings. The molecule has 0 saturated carbocycles. The molecule has 1 aromatic carbocycles. The van der Waals surface area contributed by atoms with Crippen LogP contribution >= 0.6 is 0 Å². The minimum absolute atomic E-state index is 0.186.